The van der Waals surface area contributed by atoms with Gasteiger partial charge in [0.05, 0.1) is 13.1 Å². The van der Waals surface area contributed by atoms with Crippen molar-refractivity contribution in [3.05, 3.63) is 5.32 Å². The van der Waals surface area contributed by atoms with E-state index in [1.54, 1.807) is 0 Å². The molecular formula is C8H13N2O6-. The summed E-state index contributed by atoms with van der Waals surface area (Å²) in [5.74, 6) is -3.36. The molecule has 0 aromatic heterocycles. The van der Waals surface area contributed by atoms with Gasteiger partial charge in [0.2, 0.25) is 0 Å². The average Bonchev–Trinajstić information content (AvgIpc) is 2.09. The average molecular weight is 233 g/mol. The van der Waals surface area contributed by atoms with E-state index >= 15 is 0 Å². The third-order valence-electron chi connectivity index (χ3n) is 1.54. The molecule has 0 aliphatic rings. The van der Waals surface area contributed by atoms with Crippen molar-refractivity contribution in [1.29, 1.82) is 0 Å². The normalized spacial score (nSPS) is 10.3. The van der Waals surface area contributed by atoms with Crippen LogP contribution in [0.3, 0.4) is 0 Å². The Kier molecular flexibility index (Phi) is 6.81. The lowest BCUT2D eigenvalue weighted by Crippen LogP contribution is -2.36. The van der Waals surface area contributed by atoms with Gasteiger partial charge in [-0.3, -0.25) is 19.3 Å². The maximum atomic E-state index is 10.4. The lowest BCUT2D eigenvalue weighted by atomic mass is 10.4. The zero-order valence-corrected chi connectivity index (χ0v) is 8.50. The summed E-state index contributed by atoms with van der Waals surface area (Å²) in [6.07, 6.45) is 0. The van der Waals surface area contributed by atoms with E-state index in [-0.39, 0.29) is 19.6 Å². The summed E-state index contributed by atoms with van der Waals surface area (Å²) >= 11 is 0. The van der Waals surface area contributed by atoms with Crippen molar-refractivity contribution in [3.8, 4) is 0 Å². The lowest BCUT2D eigenvalue weighted by Gasteiger charge is -2.23. The van der Waals surface area contributed by atoms with Crippen molar-refractivity contribution >= 4 is 17.9 Å². The molecule has 0 aromatic rings. The monoisotopic (exact) mass is 233 g/mol. The summed E-state index contributed by atoms with van der Waals surface area (Å²) in [6.45, 7) is -0.990. The molecule has 16 heavy (non-hydrogen) atoms. The SMILES string of the molecule is O=C(O)C[N-]CCN(CC(=O)O)CC(=O)O. The van der Waals surface area contributed by atoms with Gasteiger partial charge in [-0.1, -0.05) is 0 Å². The molecule has 0 saturated carbocycles. The summed E-state index contributed by atoms with van der Waals surface area (Å²) in [5, 5.41) is 28.8. The number of aliphatic carboxylic acids is 3. The second kappa shape index (κ2) is 7.60. The Morgan fingerprint density at radius 2 is 1.44 bits per heavy atom. The summed E-state index contributed by atoms with van der Waals surface area (Å²) in [7, 11) is 0. The summed E-state index contributed by atoms with van der Waals surface area (Å²) in [6, 6.07) is 0. The molecule has 0 bridgehead atoms. The van der Waals surface area contributed by atoms with Crippen molar-refractivity contribution in [1.82, 2.24) is 4.90 Å². The maximum Gasteiger partial charge on any atom is 0.317 e. The largest absolute Gasteiger partial charge is 0.652 e. The van der Waals surface area contributed by atoms with Crippen LogP contribution in [0.5, 0.6) is 0 Å². The van der Waals surface area contributed by atoms with Gasteiger partial charge in [-0.2, -0.15) is 0 Å². The first kappa shape index (κ1) is 14.3. The number of hydrogen-bond acceptors (Lipinski definition) is 4. The highest BCUT2D eigenvalue weighted by Crippen LogP contribution is 1.92. The molecule has 0 heterocycles. The highest BCUT2D eigenvalue weighted by Gasteiger charge is 2.11. The Bertz CT molecular complexity index is 251. The van der Waals surface area contributed by atoms with E-state index in [0.717, 1.165) is 4.90 Å². The van der Waals surface area contributed by atoms with E-state index in [0.29, 0.717) is 0 Å². The topological polar surface area (TPSA) is 129 Å². The molecule has 8 heteroatoms. The van der Waals surface area contributed by atoms with Crippen LogP contribution in [0.4, 0.5) is 0 Å². The van der Waals surface area contributed by atoms with Crippen molar-refractivity contribution in [3.63, 3.8) is 0 Å². The zero-order chi connectivity index (χ0) is 12.6. The van der Waals surface area contributed by atoms with Crippen LogP contribution in [-0.4, -0.2) is 70.9 Å². The van der Waals surface area contributed by atoms with E-state index < -0.39 is 31.0 Å². The van der Waals surface area contributed by atoms with Crippen LogP contribution in [0.1, 0.15) is 0 Å². The number of carboxylic acid groups (broad SMARTS) is 3. The molecule has 0 saturated heterocycles. The van der Waals surface area contributed by atoms with Gasteiger partial charge in [-0.05, 0) is 13.1 Å². The van der Waals surface area contributed by atoms with E-state index in [1.807, 2.05) is 0 Å². The fourth-order valence-electron chi connectivity index (χ4n) is 0.983. The lowest BCUT2D eigenvalue weighted by molar-refractivity contribution is -0.142. The number of rotatable bonds is 9. The van der Waals surface area contributed by atoms with Crippen molar-refractivity contribution in [2.45, 2.75) is 0 Å². The second-order valence-electron chi connectivity index (χ2n) is 3.00. The maximum absolute atomic E-state index is 10.4. The van der Waals surface area contributed by atoms with Crippen LogP contribution in [0.2, 0.25) is 0 Å². The molecule has 8 nitrogen and oxygen atoms in total. The standard InChI is InChI=1S/C8H13N2O6/c11-6(12)3-9-1-2-10(4-7(13)14)5-8(15)16/h1-5H2,(H,11,12)(H,13,14)(H,15,16)/q-1. The van der Waals surface area contributed by atoms with Crippen molar-refractivity contribution in [2.75, 3.05) is 32.7 Å². The minimum absolute atomic E-state index is 0.0901. The summed E-state index contributed by atoms with van der Waals surface area (Å²) in [4.78, 5) is 32.0. The molecule has 0 aliphatic heterocycles. The number of carbonyl (C=O) groups is 3. The molecular weight excluding hydrogens is 220 g/mol. The number of hydrogen-bond donors (Lipinski definition) is 3. The minimum Gasteiger partial charge on any atom is -0.652 e. The first-order valence-electron chi connectivity index (χ1n) is 4.42. The Labute approximate surface area is 91.5 Å². The fourth-order valence-corrected chi connectivity index (χ4v) is 0.983. The van der Waals surface area contributed by atoms with Gasteiger partial charge in [-0.15, -0.1) is 6.54 Å². The quantitative estimate of drug-likeness (QED) is 0.431. The van der Waals surface area contributed by atoms with Crippen LogP contribution in [-0.2, 0) is 14.4 Å². The molecule has 0 amide bonds. The third kappa shape index (κ3) is 8.91. The van der Waals surface area contributed by atoms with Crippen LogP contribution >= 0.6 is 0 Å². The van der Waals surface area contributed by atoms with Gasteiger partial charge >= 0.3 is 11.9 Å². The van der Waals surface area contributed by atoms with Crippen LogP contribution in [0.25, 0.3) is 5.32 Å². The Hall–Kier alpha value is -1.67. The first-order valence-corrected chi connectivity index (χ1v) is 4.42. The van der Waals surface area contributed by atoms with Gasteiger partial charge < -0.3 is 20.6 Å². The number of nitrogens with zero attached hydrogens (tertiary/aromatic N) is 2. The van der Waals surface area contributed by atoms with Gasteiger partial charge in [0.25, 0.3) is 5.97 Å². The highest BCUT2D eigenvalue weighted by atomic mass is 16.4. The molecule has 92 valence electrons. The van der Waals surface area contributed by atoms with E-state index in [4.69, 9.17) is 15.3 Å². The van der Waals surface area contributed by atoms with Crippen molar-refractivity contribution in [2.24, 2.45) is 0 Å². The Morgan fingerprint density at radius 3 is 1.81 bits per heavy atom. The highest BCUT2D eigenvalue weighted by molar-refractivity contribution is 5.72. The molecule has 0 spiro atoms. The number of carboxylic acids is 3. The second-order valence-corrected chi connectivity index (χ2v) is 3.00. The third-order valence-corrected chi connectivity index (χ3v) is 1.54. The molecule has 0 radical (unpaired) electrons. The van der Waals surface area contributed by atoms with Crippen LogP contribution < -0.4 is 0 Å². The van der Waals surface area contributed by atoms with E-state index in [9.17, 15) is 14.4 Å². The molecule has 0 atom stereocenters. The van der Waals surface area contributed by atoms with Gasteiger partial charge in [0.15, 0.2) is 0 Å². The smallest absolute Gasteiger partial charge is 0.317 e. The van der Waals surface area contributed by atoms with Crippen molar-refractivity contribution < 1.29 is 29.7 Å². The predicted molar refractivity (Wildman–Crippen MR) is 52.4 cm³/mol. The van der Waals surface area contributed by atoms with Gasteiger partial charge in [0, 0.05) is 0 Å². The predicted octanol–water partition coefficient (Wildman–Crippen LogP) is -1.08. The fraction of sp³-hybridized carbons (Fsp3) is 0.625. The Morgan fingerprint density at radius 1 is 0.938 bits per heavy atom. The minimum atomic E-state index is -1.14. The molecule has 0 aliphatic carbocycles. The Balaban J connectivity index is 3.86. The molecule has 0 aromatic carbocycles. The summed E-state index contributed by atoms with van der Waals surface area (Å²) in [5.41, 5.74) is 0. The van der Waals surface area contributed by atoms with Crippen LogP contribution in [0.15, 0.2) is 0 Å². The molecule has 0 unspecified atom stereocenters. The molecule has 3 N–H and O–H groups in total. The van der Waals surface area contributed by atoms with Crippen LogP contribution in [0, 0.1) is 0 Å². The van der Waals surface area contributed by atoms with E-state index in [2.05, 4.69) is 5.32 Å². The van der Waals surface area contributed by atoms with Gasteiger partial charge in [0.1, 0.15) is 0 Å². The zero-order valence-electron chi connectivity index (χ0n) is 8.50. The summed E-state index contributed by atoms with van der Waals surface area (Å²) < 4.78 is 0. The van der Waals surface area contributed by atoms with E-state index in [1.165, 1.54) is 0 Å². The van der Waals surface area contributed by atoms with Gasteiger partial charge in [-0.25, -0.2) is 0 Å². The first-order chi connectivity index (χ1) is 7.41. The molecule has 0 fully saturated rings. The molecule has 0 rings (SSSR count).